The summed E-state index contributed by atoms with van der Waals surface area (Å²) in [5, 5.41) is 2.51. The number of hydrogen-bond acceptors (Lipinski definition) is 3. The number of aromatic nitrogens is 1. The Morgan fingerprint density at radius 1 is 1.24 bits per heavy atom. The zero-order chi connectivity index (χ0) is 15.2. The highest BCUT2D eigenvalue weighted by molar-refractivity contribution is 5.94. The Morgan fingerprint density at radius 2 is 1.95 bits per heavy atom. The van der Waals surface area contributed by atoms with Crippen LogP contribution in [0, 0.1) is 5.95 Å². The summed E-state index contributed by atoms with van der Waals surface area (Å²) < 4.78 is 41.4. The van der Waals surface area contributed by atoms with Crippen molar-refractivity contribution in [2.75, 3.05) is 0 Å². The molecular formula is C14H11F3N2O2. The number of hydrogen-bond donors (Lipinski definition) is 1. The van der Waals surface area contributed by atoms with E-state index in [1.165, 1.54) is 42.6 Å². The highest BCUT2D eigenvalue weighted by Gasteiger charge is 2.11. The standard InChI is InChI=1S/C14H11F3N2O2/c15-12-11(2-1-7-18-12)13(20)19-8-9-3-5-10(6-4-9)21-14(16)17/h1-7,14H,8H2,(H,19,20). The van der Waals surface area contributed by atoms with Crippen LogP contribution >= 0.6 is 0 Å². The summed E-state index contributed by atoms with van der Waals surface area (Å²) in [5.74, 6) is -1.43. The van der Waals surface area contributed by atoms with Crippen LogP contribution in [0.5, 0.6) is 5.75 Å². The molecule has 21 heavy (non-hydrogen) atoms. The third kappa shape index (κ3) is 4.20. The molecule has 0 atom stereocenters. The Labute approximate surface area is 118 Å². The number of nitrogens with zero attached hydrogens (tertiary/aromatic N) is 1. The molecule has 0 saturated carbocycles. The van der Waals surface area contributed by atoms with Crippen LogP contribution in [0.3, 0.4) is 0 Å². The summed E-state index contributed by atoms with van der Waals surface area (Å²) >= 11 is 0. The number of nitrogens with one attached hydrogen (secondary N) is 1. The van der Waals surface area contributed by atoms with Gasteiger partial charge in [-0.3, -0.25) is 4.79 Å². The second-order valence-corrected chi connectivity index (χ2v) is 4.05. The number of carbonyl (C=O) groups excluding carboxylic acids is 1. The number of rotatable bonds is 5. The smallest absolute Gasteiger partial charge is 0.387 e. The van der Waals surface area contributed by atoms with Gasteiger partial charge in [-0.25, -0.2) is 4.98 Å². The fourth-order valence-corrected chi connectivity index (χ4v) is 1.62. The van der Waals surface area contributed by atoms with Crippen molar-refractivity contribution in [3.05, 3.63) is 59.7 Å². The average molecular weight is 296 g/mol. The predicted molar refractivity (Wildman–Crippen MR) is 68.4 cm³/mol. The van der Waals surface area contributed by atoms with Crippen LogP contribution in [0.25, 0.3) is 0 Å². The van der Waals surface area contributed by atoms with Gasteiger partial charge >= 0.3 is 6.61 Å². The number of carbonyl (C=O) groups is 1. The Balaban J connectivity index is 1.94. The maximum absolute atomic E-state index is 13.3. The topological polar surface area (TPSA) is 51.2 Å². The molecule has 0 aliphatic heterocycles. The number of alkyl halides is 2. The summed E-state index contributed by atoms with van der Waals surface area (Å²) in [6, 6.07) is 8.54. The molecule has 0 aliphatic rings. The third-order valence-electron chi connectivity index (χ3n) is 2.61. The molecule has 0 spiro atoms. The van der Waals surface area contributed by atoms with Crippen LogP contribution in [-0.2, 0) is 6.54 Å². The minimum Gasteiger partial charge on any atom is -0.435 e. The Bertz CT molecular complexity index is 618. The van der Waals surface area contributed by atoms with Crippen LogP contribution in [0.15, 0.2) is 42.6 Å². The van der Waals surface area contributed by atoms with Gasteiger partial charge in [0.2, 0.25) is 5.95 Å². The van der Waals surface area contributed by atoms with E-state index in [-0.39, 0.29) is 17.9 Å². The van der Waals surface area contributed by atoms with Crippen molar-refractivity contribution < 1.29 is 22.7 Å². The minimum atomic E-state index is -2.89. The average Bonchev–Trinajstić information content (AvgIpc) is 2.46. The van der Waals surface area contributed by atoms with E-state index in [2.05, 4.69) is 15.0 Å². The SMILES string of the molecule is O=C(NCc1ccc(OC(F)F)cc1)c1cccnc1F. The first kappa shape index (κ1) is 14.8. The first-order valence-corrected chi connectivity index (χ1v) is 5.98. The lowest BCUT2D eigenvalue weighted by Crippen LogP contribution is -2.24. The van der Waals surface area contributed by atoms with E-state index in [0.717, 1.165) is 0 Å². The maximum atomic E-state index is 13.3. The summed E-state index contributed by atoms with van der Waals surface area (Å²) in [4.78, 5) is 15.1. The van der Waals surface area contributed by atoms with Gasteiger partial charge in [0, 0.05) is 12.7 Å². The molecule has 0 saturated heterocycles. The van der Waals surface area contributed by atoms with Gasteiger partial charge in [0.25, 0.3) is 5.91 Å². The van der Waals surface area contributed by atoms with Crippen molar-refractivity contribution in [1.29, 1.82) is 0 Å². The van der Waals surface area contributed by atoms with Crippen LogP contribution in [-0.4, -0.2) is 17.5 Å². The second kappa shape index (κ2) is 6.74. The molecule has 0 unspecified atom stereocenters. The normalized spacial score (nSPS) is 10.5. The van der Waals surface area contributed by atoms with Gasteiger partial charge < -0.3 is 10.1 Å². The van der Waals surface area contributed by atoms with E-state index in [0.29, 0.717) is 5.56 Å². The molecule has 7 heteroatoms. The highest BCUT2D eigenvalue weighted by atomic mass is 19.3. The molecule has 4 nitrogen and oxygen atoms in total. The van der Waals surface area contributed by atoms with Crippen molar-refractivity contribution in [3.63, 3.8) is 0 Å². The zero-order valence-corrected chi connectivity index (χ0v) is 10.7. The zero-order valence-electron chi connectivity index (χ0n) is 10.7. The van der Waals surface area contributed by atoms with Gasteiger partial charge in [-0.15, -0.1) is 0 Å². The Morgan fingerprint density at radius 3 is 2.57 bits per heavy atom. The quantitative estimate of drug-likeness (QED) is 0.863. The van der Waals surface area contributed by atoms with Crippen molar-refractivity contribution >= 4 is 5.91 Å². The van der Waals surface area contributed by atoms with Gasteiger partial charge in [-0.05, 0) is 29.8 Å². The van der Waals surface area contributed by atoms with Gasteiger partial charge in [-0.2, -0.15) is 13.2 Å². The number of amides is 1. The van der Waals surface area contributed by atoms with E-state index in [4.69, 9.17) is 0 Å². The molecule has 0 aliphatic carbocycles. The summed E-state index contributed by atoms with van der Waals surface area (Å²) in [6.45, 7) is -2.76. The Hall–Kier alpha value is -2.57. The summed E-state index contributed by atoms with van der Waals surface area (Å²) in [6.07, 6.45) is 1.24. The lowest BCUT2D eigenvalue weighted by Gasteiger charge is -2.07. The number of halogens is 3. The van der Waals surface area contributed by atoms with E-state index in [1.54, 1.807) is 0 Å². The van der Waals surface area contributed by atoms with Gasteiger partial charge in [0.15, 0.2) is 0 Å². The van der Waals surface area contributed by atoms with E-state index in [1.807, 2.05) is 0 Å². The molecule has 1 aromatic heterocycles. The van der Waals surface area contributed by atoms with E-state index >= 15 is 0 Å². The van der Waals surface area contributed by atoms with Crippen molar-refractivity contribution in [3.8, 4) is 5.75 Å². The lowest BCUT2D eigenvalue weighted by atomic mass is 10.2. The predicted octanol–water partition coefficient (Wildman–Crippen LogP) is 2.75. The summed E-state index contributed by atoms with van der Waals surface area (Å²) in [7, 11) is 0. The molecule has 110 valence electrons. The molecule has 1 amide bonds. The first-order valence-electron chi connectivity index (χ1n) is 5.98. The molecular weight excluding hydrogens is 285 g/mol. The molecule has 1 aromatic carbocycles. The molecule has 2 rings (SSSR count). The largest absolute Gasteiger partial charge is 0.435 e. The van der Waals surface area contributed by atoms with Crippen molar-refractivity contribution in [1.82, 2.24) is 10.3 Å². The van der Waals surface area contributed by atoms with Crippen LogP contribution < -0.4 is 10.1 Å². The summed E-state index contributed by atoms with van der Waals surface area (Å²) in [5.41, 5.74) is 0.504. The van der Waals surface area contributed by atoms with Gasteiger partial charge in [0.05, 0.1) is 5.56 Å². The second-order valence-electron chi connectivity index (χ2n) is 4.05. The molecule has 0 radical (unpaired) electrons. The van der Waals surface area contributed by atoms with Crippen LogP contribution in [0.1, 0.15) is 15.9 Å². The molecule has 1 N–H and O–H groups in total. The fraction of sp³-hybridized carbons (Fsp3) is 0.143. The number of ether oxygens (including phenoxy) is 1. The molecule has 1 heterocycles. The van der Waals surface area contributed by atoms with Crippen LogP contribution in [0.2, 0.25) is 0 Å². The molecule has 0 bridgehead atoms. The van der Waals surface area contributed by atoms with Crippen molar-refractivity contribution in [2.24, 2.45) is 0 Å². The Kier molecular flexibility index (Phi) is 4.76. The lowest BCUT2D eigenvalue weighted by molar-refractivity contribution is -0.0498. The minimum absolute atomic E-state index is 0.0263. The van der Waals surface area contributed by atoms with Gasteiger partial charge in [-0.1, -0.05) is 12.1 Å². The maximum Gasteiger partial charge on any atom is 0.387 e. The van der Waals surface area contributed by atoms with E-state index in [9.17, 15) is 18.0 Å². The fourth-order valence-electron chi connectivity index (χ4n) is 1.62. The third-order valence-corrected chi connectivity index (χ3v) is 2.61. The highest BCUT2D eigenvalue weighted by Crippen LogP contribution is 2.15. The van der Waals surface area contributed by atoms with Crippen molar-refractivity contribution in [2.45, 2.75) is 13.2 Å². The number of pyridine rings is 1. The first-order chi connectivity index (χ1) is 10.1. The molecule has 0 fully saturated rings. The number of benzene rings is 1. The monoisotopic (exact) mass is 296 g/mol. The van der Waals surface area contributed by atoms with Crippen LogP contribution in [0.4, 0.5) is 13.2 Å². The van der Waals surface area contributed by atoms with E-state index < -0.39 is 18.5 Å². The molecule has 2 aromatic rings. The van der Waals surface area contributed by atoms with Gasteiger partial charge in [0.1, 0.15) is 5.75 Å².